The number of rotatable bonds is 3. The lowest BCUT2D eigenvalue weighted by Crippen LogP contribution is -2.28. The molecule has 0 saturated carbocycles. The lowest BCUT2D eigenvalue weighted by Gasteiger charge is -2.18. The summed E-state index contributed by atoms with van der Waals surface area (Å²) >= 11 is 1.83. The second-order valence-corrected chi connectivity index (χ2v) is 4.47. The molecule has 1 N–H and O–H groups in total. The van der Waals surface area contributed by atoms with E-state index in [0.29, 0.717) is 6.04 Å². The van der Waals surface area contributed by atoms with Gasteiger partial charge in [0.2, 0.25) is 0 Å². The molecule has 0 radical (unpaired) electrons. The van der Waals surface area contributed by atoms with Gasteiger partial charge in [-0.2, -0.15) is 0 Å². The van der Waals surface area contributed by atoms with E-state index < -0.39 is 0 Å². The van der Waals surface area contributed by atoms with Crippen molar-refractivity contribution in [2.45, 2.75) is 31.8 Å². The van der Waals surface area contributed by atoms with Crippen LogP contribution in [0.15, 0.2) is 29.7 Å². The monoisotopic (exact) mass is 193 g/mol. The predicted molar refractivity (Wildman–Crippen MR) is 57.9 cm³/mol. The standard InChI is InChI=1S/C11H15NS/c1-2-5-10(6-3-1)12-9-11-7-4-8-13-11/h1-2,4,7-8,10,12H,3,5-6,9H2. The van der Waals surface area contributed by atoms with Gasteiger partial charge in [-0.1, -0.05) is 18.2 Å². The van der Waals surface area contributed by atoms with E-state index in [0.717, 1.165) is 6.54 Å². The first-order chi connectivity index (χ1) is 6.45. The van der Waals surface area contributed by atoms with E-state index in [2.05, 4.69) is 35.0 Å². The molecule has 1 unspecified atom stereocenters. The number of nitrogens with one attached hydrogen (secondary N) is 1. The highest BCUT2D eigenvalue weighted by Crippen LogP contribution is 2.13. The minimum atomic E-state index is 0.701. The van der Waals surface area contributed by atoms with Crippen LogP contribution in [-0.4, -0.2) is 6.04 Å². The van der Waals surface area contributed by atoms with Crippen LogP contribution in [0.5, 0.6) is 0 Å². The molecule has 1 aromatic rings. The number of hydrogen-bond acceptors (Lipinski definition) is 2. The van der Waals surface area contributed by atoms with E-state index in [9.17, 15) is 0 Å². The Morgan fingerprint density at radius 2 is 2.46 bits per heavy atom. The van der Waals surface area contributed by atoms with Crippen LogP contribution in [-0.2, 0) is 6.54 Å². The maximum atomic E-state index is 3.58. The van der Waals surface area contributed by atoms with Crippen molar-refractivity contribution in [1.82, 2.24) is 5.32 Å². The summed E-state index contributed by atoms with van der Waals surface area (Å²) in [5.74, 6) is 0. The van der Waals surface area contributed by atoms with Crippen molar-refractivity contribution < 1.29 is 0 Å². The van der Waals surface area contributed by atoms with Crippen molar-refractivity contribution in [3.63, 3.8) is 0 Å². The smallest absolute Gasteiger partial charge is 0.0302 e. The second kappa shape index (κ2) is 4.58. The first-order valence-electron chi connectivity index (χ1n) is 4.86. The molecular weight excluding hydrogens is 178 g/mol. The lowest BCUT2D eigenvalue weighted by molar-refractivity contribution is 0.476. The maximum Gasteiger partial charge on any atom is 0.0302 e. The molecule has 2 heteroatoms. The molecule has 0 spiro atoms. The molecule has 0 bridgehead atoms. The highest BCUT2D eigenvalue weighted by atomic mass is 32.1. The summed E-state index contributed by atoms with van der Waals surface area (Å²) in [4.78, 5) is 1.44. The van der Waals surface area contributed by atoms with Gasteiger partial charge in [-0.3, -0.25) is 0 Å². The van der Waals surface area contributed by atoms with Gasteiger partial charge in [0.15, 0.2) is 0 Å². The van der Waals surface area contributed by atoms with E-state index >= 15 is 0 Å². The molecule has 0 aliphatic heterocycles. The van der Waals surface area contributed by atoms with Crippen LogP contribution >= 0.6 is 11.3 Å². The predicted octanol–water partition coefficient (Wildman–Crippen LogP) is 2.95. The molecule has 1 aliphatic carbocycles. The summed E-state index contributed by atoms with van der Waals surface area (Å²) in [6, 6.07) is 5.01. The molecular formula is C11H15NS. The van der Waals surface area contributed by atoms with E-state index in [4.69, 9.17) is 0 Å². The number of allylic oxidation sites excluding steroid dienone is 1. The summed E-state index contributed by atoms with van der Waals surface area (Å²) in [6.07, 6.45) is 8.30. The fraction of sp³-hybridized carbons (Fsp3) is 0.455. The van der Waals surface area contributed by atoms with Gasteiger partial charge in [0.1, 0.15) is 0 Å². The zero-order valence-corrected chi connectivity index (χ0v) is 8.52. The van der Waals surface area contributed by atoms with Crippen molar-refractivity contribution in [2.24, 2.45) is 0 Å². The third kappa shape index (κ3) is 2.68. The molecule has 0 aromatic carbocycles. The van der Waals surface area contributed by atoms with Gasteiger partial charge in [0.25, 0.3) is 0 Å². The zero-order chi connectivity index (χ0) is 8.93. The fourth-order valence-corrected chi connectivity index (χ4v) is 2.29. The van der Waals surface area contributed by atoms with Crippen LogP contribution in [0.4, 0.5) is 0 Å². The second-order valence-electron chi connectivity index (χ2n) is 3.44. The average molecular weight is 193 g/mol. The Balaban J connectivity index is 1.76. The SMILES string of the molecule is C1=CCC(NCc2cccs2)CC1. The molecule has 0 fully saturated rings. The van der Waals surface area contributed by atoms with Gasteiger partial charge in [-0.25, -0.2) is 0 Å². The van der Waals surface area contributed by atoms with E-state index in [1.165, 1.54) is 24.1 Å². The number of thiophene rings is 1. The molecule has 1 atom stereocenters. The molecule has 1 nitrogen and oxygen atoms in total. The van der Waals surface area contributed by atoms with Gasteiger partial charge < -0.3 is 5.32 Å². The van der Waals surface area contributed by atoms with Crippen molar-refractivity contribution >= 4 is 11.3 Å². The average Bonchev–Trinajstić information content (AvgIpc) is 2.69. The summed E-state index contributed by atoms with van der Waals surface area (Å²) in [6.45, 7) is 1.04. The molecule has 0 amide bonds. The van der Waals surface area contributed by atoms with Gasteiger partial charge in [-0.05, 0) is 30.7 Å². The van der Waals surface area contributed by atoms with Gasteiger partial charge in [-0.15, -0.1) is 11.3 Å². The van der Waals surface area contributed by atoms with Crippen molar-refractivity contribution in [1.29, 1.82) is 0 Å². The Morgan fingerprint density at radius 1 is 1.46 bits per heavy atom. The van der Waals surface area contributed by atoms with E-state index in [-0.39, 0.29) is 0 Å². The lowest BCUT2D eigenvalue weighted by atomic mass is 10.0. The Bertz CT molecular complexity index is 264. The highest BCUT2D eigenvalue weighted by molar-refractivity contribution is 7.09. The first-order valence-corrected chi connectivity index (χ1v) is 5.74. The van der Waals surface area contributed by atoms with Crippen molar-refractivity contribution in [2.75, 3.05) is 0 Å². The molecule has 1 aromatic heterocycles. The third-order valence-electron chi connectivity index (χ3n) is 2.41. The van der Waals surface area contributed by atoms with Crippen LogP contribution in [0, 0.1) is 0 Å². The summed E-state index contributed by atoms with van der Waals surface area (Å²) < 4.78 is 0. The Morgan fingerprint density at radius 3 is 3.15 bits per heavy atom. The topological polar surface area (TPSA) is 12.0 Å². The molecule has 1 heterocycles. The summed E-state index contributed by atoms with van der Waals surface area (Å²) in [5.41, 5.74) is 0. The minimum Gasteiger partial charge on any atom is -0.309 e. The largest absolute Gasteiger partial charge is 0.309 e. The Labute approximate surface area is 83.5 Å². The molecule has 0 saturated heterocycles. The Kier molecular flexibility index (Phi) is 3.16. The Hall–Kier alpha value is -0.600. The fourth-order valence-electron chi connectivity index (χ4n) is 1.64. The van der Waals surface area contributed by atoms with Crippen LogP contribution < -0.4 is 5.32 Å². The van der Waals surface area contributed by atoms with Crippen molar-refractivity contribution in [3.8, 4) is 0 Å². The van der Waals surface area contributed by atoms with Gasteiger partial charge in [0, 0.05) is 17.5 Å². The third-order valence-corrected chi connectivity index (χ3v) is 3.29. The molecule has 13 heavy (non-hydrogen) atoms. The summed E-state index contributed by atoms with van der Waals surface area (Å²) in [7, 11) is 0. The van der Waals surface area contributed by atoms with Crippen molar-refractivity contribution in [3.05, 3.63) is 34.5 Å². The minimum absolute atomic E-state index is 0.701. The first kappa shape index (κ1) is 8.97. The van der Waals surface area contributed by atoms with Gasteiger partial charge in [0.05, 0.1) is 0 Å². The van der Waals surface area contributed by atoms with Crippen LogP contribution in [0.3, 0.4) is 0 Å². The van der Waals surface area contributed by atoms with Crippen LogP contribution in [0.1, 0.15) is 24.1 Å². The van der Waals surface area contributed by atoms with Crippen LogP contribution in [0.25, 0.3) is 0 Å². The number of hydrogen-bond donors (Lipinski definition) is 1. The van der Waals surface area contributed by atoms with E-state index in [1.54, 1.807) is 0 Å². The summed E-state index contributed by atoms with van der Waals surface area (Å²) in [5, 5.41) is 5.72. The quantitative estimate of drug-likeness (QED) is 0.728. The van der Waals surface area contributed by atoms with Gasteiger partial charge >= 0.3 is 0 Å². The van der Waals surface area contributed by atoms with Crippen LogP contribution in [0.2, 0.25) is 0 Å². The van der Waals surface area contributed by atoms with E-state index in [1.807, 2.05) is 11.3 Å². The maximum absolute atomic E-state index is 3.58. The highest BCUT2D eigenvalue weighted by Gasteiger charge is 2.08. The molecule has 70 valence electrons. The molecule has 1 aliphatic rings. The molecule has 2 rings (SSSR count). The zero-order valence-electron chi connectivity index (χ0n) is 7.70. The normalized spacial score (nSPS) is 22.0.